The summed E-state index contributed by atoms with van der Waals surface area (Å²) in [7, 11) is 0. The summed E-state index contributed by atoms with van der Waals surface area (Å²) in [5, 5.41) is 0.246. The van der Waals surface area contributed by atoms with E-state index in [1.165, 1.54) is 11.8 Å². The smallest absolute Gasteiger partial charge is 0.227 e. The van der Waals surface area contributed by atoms with E-state index in [4.69, 9.17) is 0 Å². The zero-order chi connectivity index (χ0) is 11.8. The summed E-state index contributed by atoms with van der Waals surface area (Å²) in [5.41, 5.74) is 0.150. The van der Waals surface area contributed by atoms with Crippen LogP contribution in [0.25, 0.3) is 0 Å². The van der Waals surface area contributed by atoms with Crippen LogP contribution in [0.15, 0.2) is 5.16 Å². The molecule has 0 unspecified atom stereocenters. The van der Waals surface area contributed by atoms with Crippen molar-refractivity contribution < 1.29 is 13.2 Å². The van der Waals surface area contributed by atoms with E-state index in [0.29, 0.717) is 29.9 Å². The van der Waals surface area contributed by atoms with Crippen LogP contribution < -0.4 is 0 Å². The van der Waals surface area contributed by atoms with Crippen LogP contribution in [0, 0.1) is 0 Å². The van der Waals surface area contributed by atoms with Crippen LogP contribution in [-0.2, 0) is 19.0 Å². The Morgan fingerprint density at radius 3 is 2.62 bits per heavy atom. The number of aromatic nitrogens is 2. The van der Waals surface area contributed by atoms with Gasteiger partial charge in [-0.1, -0.05) is 18.7 Å². The zero-order valence-corrected chi connectivity index (χ0v) is 9.58. The molecule has 16 heavy (non-hydrogen) atoms. The molecule has 1 aliphatic carbocycles. The molecule has 0 amide bonds. The van der Waals surface area contributed by atoms with Gasteiger partial charge in [0.15, 0.2) is 10.9 Å². The molecule has 1 heterocycles. The molecule has 0 spiro atoms. The lowest BCUT2D eigenvalue weighted by Crippen LogP contribution is -2.14. The Morgan fingerprint density at radius 2 is 2.00 bits per heavy atom. The summed E-state index contributed by atoms with van der Waals surface area (Å²) in [5.74, 6) is 0.677. The molecule has 0 saturated heterocycles. The summed E-state index contributed by atoms with van der Waals surface area (Å²) in [6.07, 6.45) is -2.53. The Morgan fingerprint density at radius 1 is 1.25 bits per heavy atom. The number of alkyl halides is 3. The minimum Gasteiger partial charge on any atom is -0.227 e. The second-order valence-electron chi connectivity index (χ2n) is 3.56. The largest absolute Gasteiger partial charge is 0.433 e. The van der Waals surface area contributed by atoms with Gasteiger partial charge < -0.3 is 0 Å². The Kier molecular flexibility index (Phi) is 3.10. The number of nitrogens with zero attached hydrogens (tertiary/aromatic N) is 2. The fourth-order valence-electron chi connectivity index (χ4n) is 1.84. The van der Waals surface area contributed by atoms with Gasteiger partial charge in [0.05, 0.1) is 0 Å². The molecule has 2 nitrogen and oxygen atoms in total. The highest BCUT2D eigenvalue weighted by Gasteiger charge is 2.38. The quantitative estimate of drug-likeness (QED) is 0.594. The number of aryl methyl sites for hydroxylation is 1. The molecule has 0 saturated carbocycles. The lowest BCUT2D eigenvalue weighted by atomic mass is 10.2. The average molecular weight is 248 g/mol. The predicted octanol–water partition coefficient (Wildman–Crippen LogP) is 3.10. The van der Waals surface area contributed by atoms with E-state index in [2.05, 4.69) is 9.97 Å². The van der Waals surface area contributed by atoms with Crippen LogP contribution in [0.5, 0.6) is 0 Å². The first-order chi connectivity index (χ1) is 7.52. The van der Waals surface area contributed by atoms with Gasteiger partial charge in [0.1, 0.15) is 0 Å². The maximum absolute atomic E-state index is 12.8. The molecule has 1 aromatic heterocycles. The van der Waals surface area contributed by atoms with Gasteiger partial charge >= 0.3 is 6.18 Å². The minimum absolute atomic E-state index is 0.246. The van der Waals surface area contributed by atoms with Gasteiger partial charge in [-0.3, -0.25) is 0 Å². The molecule has 2 rings (SSSR count). The molecule has 1 aromatic rings. The van der Waals surface area contributed by atoms with Crippen molar-refractivity contribution in [2.45, 2.75) is 37.5 Å². The fraction of sp³-hybridized carbons (Fsp3) is 0.600. The monoisotopic (exact) mass is 248 g/mol. The molecule has 0 aromatic carbocycles. The lowest BCUT2D eigenvalue weighted by molar-refractivity contribution is -0.142. The van der Waals surface area contributed by atoms with Gasteiger partial charge in [-0.2, -0.15) is 13.2 Å². The Bertz CT molecular complexity index is 404. The van der Waals surface area contributed by atoms with E-state index < -0.39 is 11.9 Å². The number of thioether (sulfide) groups is 1. The molecule has 0 bridgehead atoms. The van der Waals surface area contributed by atoms with Crippen molar-refractivity contribution in [3.63, 3.8) is 0 Å². The van der Waals surface area contributed by atoms with E-state index >= 15 is 0 Å². The fourth-order valence-corrected chi connectivity index (χ4v) is 2.43. The Hall–Kier alpha value is -0.780. The van der Waals surface area contributed by atoms with Gasteiger partial charge in [-0.25, -0.2) is 9.97 Å². The summed E-state index contributed by atoms with van der Waals surface area (Å²) in [6.45, 7) is 1.87. The first-order valence-electron chi connectivity index (χ1n) is 5.12. The topological polar surface area (TPSA) is 25.8 Å². The zero-order valence-electron chi connectivity index (χ0n) is 8.76. The van der Waals surface area contributed by atoms with Crippen LogP contribution in [0.4, 0.5) is 13.2 Å². The molecular formula is C10H11F3N2S. The molecular weight excluding hydrogens is 237 g/mol. The standard InChI is InChI=1S/C10H11F3N2S/c1-2-16-9-14-7-5-3-4-6(7)8(15-9)10(11,12)13/h2-5H2,1H3. The predicted molar refractivity (Wildman–Crippen MR) is 55.5 cm³/mol. The molecule has 0 aliphatic heterocycles. The van der Waals surface area contributed by atoms with Crippen molar-refractivity contribution in [3.05, 3.63) is 17.0 Å². The van der Waals surface area contributed by atoms with Crippen LogP contribution in [0.3, 0.4) is 0 Å². The number of hydrogen-bond acceptors (Lipinski definition) is 3. The summed E-state index contributed by atoms with van der Waals surface area (Å²) in [4.78, 5) is 7.80. The maximum atomic E-state index is 12.8. The van der Waals surface area contributed by atoms with Crippen molar-refractivity contribution in [3.8, 4) is 0 Å². The SMILES string of the molecule is CCSc1nc2c(c(C(F)(F)F)n1)CCC2. The number of halogens is 3. The first-order valence-corrected chi connectivity index (χ1v) is 6.10. The second-order valence-corrected chi connectivity index (χ2v) is 4.80. The van der Waals surface area contributed by atoms with E-state index in [0.717, 1.165) is 6.42 Å². The molecule has 0 fully saturated rings. The second kappa shape index (κ2) is 4.24. The first kappa shape index (κ1) is 11.7. The van der Waals surface area contributed by atoms with E-state index in [-0.39, 0.29) is 5.16 Å². The van der Waals surface area contributed by atoms with Crippen LogP contribution in [0.1, 0.15) is 30.3 Å². The molecule has 1 aliphatic rings. The van der Waals surface area contributed by atoms with Gasteiger partial charge in [0, 0.05) is 11.3 Å². The van der Waals surface area contributed by atoms with Crippen molar-refractivity contribution in [1.29, 1.82) is 0 Å². The summed E-state index contributed by atoms with van der Waals surface area (Å²) >= 11 is 1.25. The number of fused-ring (bicyclic) bond motifs is 1. The van der Waals surface area contributed by atoms with Crippen molar-refractivity contribution >= 4 is 11.8 Å². The molecule has 6 heteroatoms. The summed E-state index contributed by atoms with van der Waals surface area (Å²) < 4.78 is 38.3. The molecule has 0 atom stereocenters. The van der Waals surface area contributed by atoms with Gasteiger partial charge in [-0.05, 0) is 25.0 Å². The van der Waals surface area contributed by atoms with Gasteiger partial charge in [0.25, 0.3) is 0 Å². The average Bonchev–Trinajstić information content (AvgIpc) is 2.63. The van der Waals surface area contributed by atoms with Crippen molar-refractivity contribution in [1.82, 2.24) is 9.97 Å². The molecule has 0 N–H and O–H groups in total. The van der Waals surface area contributed by atoms with Gasteiger partial charge in [0.2, 0.25) is 0 Å². The van der Waals surface area contributed by atoms with Crippen molar-refractivity contribution in [2.75, 3.05) is 5.75 Å². The number of hydrogen-bond donors (Lipinski definition) is 0. The molecule has 0 radical (unpaired) electrons. The van der Waals surface area contributed by atoms with E-state index in [9.17, 15) is 13.2 Å². The maximum Gasteiger partial charge on any atom is 0.433 e. The van der Waals surface area contributed by atoms with Gasteiger partial charge in [-0.15, -0.1) is 0 Å². The normalized spacial score (nSPS) is 15.2. The Balaban J connectivity index is 2.49. The highest BCUT2D eigenvalue weighted by Crippen LogP contribution is 2.36. The highest BCUT2D eigenvalue weighted by molar-refractivity contribution is 7.99. The third-order valence-electron chi connectivity index (χ3n) is 2.45. The van der Waals surface area contributed by atoms with Crippen molar-refractivity contribution in [2.24, 2.45) is 0 Å². The minimum atomic E-state index is -4.36. The third-order valence-corrected chi connectivity index (χ3v) is 3.18. The highest BCUT2D eigenvalue weighted by atomic mass is 32.2. The third kappa shape index (κ3) is 2.16. The number of rotatable bonds is 2. The van der Waals surface area contributed by atoms with Crippen LogP contribution in [0.2, 0.25) is 0 Å². The van der Waals surface area contributed by atoms with E-state index in [1.54, 1.807) is 0 Å². The van der Waals surface area contributed by atoms with Crippen LogP contribution in [-0.4, -0.2) is 15.7 Å². The van der Waals surface area contributed by atoms with E-state index in [1.807, 2.05) is 6.92 Å². The van der Waals surface area contributed by atoms with Crippen LogP contribution >= 0.6 is 11.8 Å². The lowest BCUT2D eigenvalue weighted by Gasteiger charge is -2.11. The Labute approximate surface area is 95.7 Å². The molecule has 88 valence electrons. The summed E-state index contributed by atoms with van der Waals surface area (Å²) in [6, 6.07) is 0.